The lowest BCUT2D eigenvalue weighted by molar-refractivity contribution is 0.378. The van der Waals surface area contributed by atoms with Crippen LogP contribution in [0.4, 0.5) is 0 Å². The van der Waals surface area contributed by atoms with Crippen LogP contribution in [-0.4, -0.2) is 0 Å². The number of para-hydroxylation sites is 3. The van der Waals surface area contributed by atoms with Gasteiger partial charge in [-0.25, -0.2) is 0 Å². The maximum Gasteiger partial charge on any atom is 0.530 e. The van der Waals surface area contributed by atoms with Gasteiger partial charge in [0.05, 0.1) is 0 Å². The molecule has 3 unspecified atom stereocenters. The lowest BCUT2D eigenvalue weighted by Crippen LogP contribution is -2.08. The second-order valence-corrected chi connectivity index (χ2v) is 15.4. The Bertz CT molecular complexity index is 1120. The van der Waals surface area contributed by atoms with Crippen molar-refractivity contribution in [1.82, 2.24) is 0 Å². The van der Waals surface area contributed by atoms with E-state index in [0.29, 0.717) is 17.8 Å². The minimum Gasteiger partial charge on any atom is -0.408 e. The molecule has 0 fully saturated rings. The van der Waals surface area contributed by atoms with Crippen LogP contribution in [0.3, 0.4) is 0 Å². The molecule has 0 aromatic heterocycles. The SMILES string of the molecule is CCCCCCCC(C)c1ccccc1OP(Oc1ccccc1C(C)CCCCCCC)Oc1ccccc1C(C)CCCCCCC. The minimum absolute atomic E-state index is 0.398. The van der Waals surface area contributed by atoms with E-state index in [1.165, 1.54) is 113 Å². The highest BCUT2D eigenvalue weighted by Crippen LogP contribution is 2.48. The molecule has 0 N–H and O–H groups in total. The van der Waals surface area contributed by atoms with Crippen molar-refractivity contribution in [2.24, 2.45) is 0 Å². The second-order valence-electron chi connectivity index (χ2n) is 14.4. The van der Waals surface area contributed by atoms with Crippen LogP contribution < -0.4 is 13.6 Å². The number of rotatable bonds is 27. The van der Waals surface area contributed by atoms with Crippen molar-refractivity contribution >= 4 is 8.60 Å². The monoisotopic (exact) mass is 688 g/mol. The van der Waals surface area contributed by atoms with Gasteiger partial charge in [-0.1, -0.05) is 192 Å². The van der Waals surface area contributed by atoms with E-state index < -0.39 is 8.60 Å². The maximum absolute atomic E-state index is 6.86. The van der Waals surface area contributed by atoms with Crippen LogP contribution in [0.2, 0.25) is 0 Å². The third kappa shape index (κ3) is 15.1. The van der Waals surface area contributed by atoms with Crippen LogP contribution in [0.5, 0.6) is 17.2 Å². The van der Waals surface area contributed by atoms with E-state index in [9.17, 15) is 0 Å². The molecule has 0 aliphatic carbocycles. The third-order valence-corrected chi connectivity index (χ3v) is 11.1. The number of hydrogen-bond donors (Lipinski definition) is 0. The average molecular weight is 689 g/mol. The summed E-state index contributed by atoms with van der Waals surface area (Å²) < 4.78 is 20.6. The summed E-state index contributed by atoms with van der Waals surface area (Å²) in [7, 11) is -1.78. The smallest absolute Gasteiger partial charge is 0.408 e. The Labute approximate surface area is 302 Å². The zero-order valence-corrected chi connectivity index (χ0v) is 33.0. The first-order valence-electron chi connectivity index (χ1n) is 20.1. The van der Waals surface area contributed by atoms with Gasteiger partial charge in [0.15, 0.2) is 0 Å². The molecule has 3 atom stereocenters. The predicted molar refractivity (Wildman–Crippen MR) is 214 cm³/mol. The van der Waals surface area contributed by atoms with E-state index in [1.54, 1.807) is 0 Å². The van der Waals surface area contributed by atoms with Gasteiger partial charge in [-0.2, -0.15) is 0 Å². The molecule has 0 aliphatic rings. The van der Waals surface area contributed by atoms with Gasteiger partial charge in [0, 0.05) is 0 Å². The molecule has 4 heteroatoms. The topological polar surface area (TPSA) is 27.7 Å². The molecule has 0 bridgehead atoms. The molecular weight excluding hydrogens is 619 g/mol. The molecule has 0 saturated heterocycles. The summed E-state index contributed by atoms with van der Waals surface area (Å²) >= 11 is 0. The number of unbranched alkanes of at least 4 members (excludes halogenated alkanes) is 12. The molecule has 3 nitrogen and oxygen atoms in total. The fourth-order valence-corrected chi connectivity index (χ4v) is 7.93. The summed E-state index contributed by atoms with van der Waals surface area (Å²) in [6.45, 7) is 13.8. The molecular formula is C45H69O3P. The van der Waals surface area contributed by atoms with Crippen molar-refractivity contribution in [1.29, 1.82) is 0 Å². The van der Waals surface area contributed by atoms with Crippen molar-refractivity contribution in [3.05, 3.63) is 89.5 Å². The Morgan fingerprint density at radius 2 is 0.653 bits per heavy atom. The normalized spacial score (nSPS) is 13.8. The third-order valence-electron chi connectivity index (χ3n) is 10.1. The van der Waals surface area contributed by atoms with Crippen molar-refractivity contribution in [2.45, 2.75) is 175 Å². The van der Waals surface area contributed by atoms with E-state index in [1.807, 2.05) is 0 Å². The Balaban J connectivity index is 1.86. The molecule has 0 amide bonds. The molecule has 272 valence electrons. The van der Waals surface area contributed by atoms with Gasteiger partial charge < -0.3 is 13.6 Å². The largest absolute Gasteiger partial charge is 0.530 e. The average Bonchev–Trinajstić information content (AvgIpc) is 3.11. The van der Waals surface area contributed by atoms with Gasteiger partial charge >= 0.3 is 8.60 Å². The molecule has 0 spiro atoms. The van der Waals surface area contributed by atoms with Crippen LogP contribution in [0.15, 0.2) is 72.8 Å². The van der Waals surface area contributed by atoms with Crippen LogP contribution in [-0.2, 0) is 0 Å². The summed E-state index contributed by atoms with van der Waals surface area (Å²) in [6.07, 6.45) is 22.8. The number of benzene rings is 3. The highest BCUT2D eigenvalue weighted by Gasteiger charge is 2.26. The molecule has 49 heavy (non-hydrogen) atoms. The molecule has 0 heterocycles. The minimum atomic E-state index is -1.78. The lowest BCUT2D eigenvalue weighted by atomic mass is 9.94. The number of hydrogen-bond acceptors (Lipinski definition) is 3. The van der Waals surface area contributed by atoms with Crippen molar-refractivity contribution in [3.8, 4) is 17.2 Å². The van der Waals surface area contributed by atoms with E-state index in [-0.39, 0.29) is 0 Å². The Hall–Kier alpha value is -2.51. The van der Waals surface area contributed by atoms with E-state index in [2.05, 4.69) is 114 Å². The molecule has 3 aromatic carbocycles. The Morgan fingerprint density at radius 3 is 0.939 bits per heavy atom. The van der Waals surface area contributed by atoms with Crippen LogP contribution >= 0.6 is 8.60 Å². The fraction of sp³-hybridized carbons (Fsp3) is 0.600. The van der Waals surface area contributed by atoms with Gasteiger partial charge in [-0.3, -0.25) is 0 Å². The first-order chi connectivity index (χ1) is 24.0. The lowest BCUT2D eigenvalue weighted by Gasteiger charge is -2.25. The highest BCUT2D eigenvalue weighted by atomic mass is 31.2. The first-order valence-corrected chi connectivity index (χ1v) is 21.2. The first kappa shape index (κ1) is 40.9. The molecule has 0 radical (unpaired) electrons. The van der Waals surface area contributed by atoms with Crippen LogP contribution in [0, 0.1) is 0 Å². The quantitative estimate of drug-likeness (QED) is 0.0589. The summed E-state index contributed by atoms with van der Waals surface area (Å²) in [5.74, 6) is 3.81. The van der Waals surface area contributed by atoms with Crippen molar-refractivity contribution < 1.29 is 13.6 Å². The van der Waals surface area contributed by atoms with Gasteiger partial charge in [-0.15, -0.1) is 0 Å². The van der Waals surface area contributed by atoms with Gasteiger partial charge in [0.25, 0.3) is 0 Å². The summed E-state index contributed by atoms with van der Waals surface area (Å²) in [5, 5.41) is 0. The van der Waals surface area contributed by atoms with Crippen molar-refractivity contribution in [3.63, 3.8) is 0 Å². The standard InChI is InChI=1S/C45H69O3P/c1-7-10-13-16-19-28-37(4)40-31-22-25-34-43(40)46-49(47-44-35-26-23-32-41(44)38(5)29-20-17-14-11-8-2)48-45-36-27-24-33-42(45)39(6)30-21-18-15-12-9-3/h22-27,31-39H,7-21,28-30H2,1-6H3. The molecule has 0 aliphatic heterocycles. The van der Waals surface area contributed by atoms with E-state index >= 15 is 0 Å². The highest BCUT2D eigenvalue weighted by molar-refractivity contribution is 7.43. The zero-order valence-electron chi connectivity index (χ0n) is 32.1. The van der Waals surface area contributed by atoms with Crippen LogP contribution in [0.1, 0.15) is 192 Å². The zero-order chi connectivity index (χ0) is 35.1. The summed E-state index contributed by atoms with van der Waals surface area (Å²) in [6, 6.07) is 25.6. The maximum atomic E-state index is 6.86. The van der Waals surface area contributed by atoms with E-state index in [0.717, 1.165) is 36.5 Å². The predicted octanol–water partition coefficient (Wildman–Crippen LogP) is 15.8. The van der Waals surface area contributed by atoms with Gasteiger partial charge in [-0.05, 0) is 71.9 Å². The van der Waals surface area contributed by atoms with Gasteiger partial charge in [0.2, 0.25) is 0 Å². The molecule has 3 rings (SSSR count). The molecule has 0 saturated carbocycles. The van der Waals surface area contributed by atoms with Gasteiger partial charge in [0.1, 0.15) is 17.2 Å². The Kier molecular flexibility index (Phi) is 20.5. The fourth-order valence-electron chi connectivity index (χ4n) is 6.84. The molecule has 3 aromatic rings. The van der Waals surface area contributed by atoms with Crippen LogP contribution in [0.25, 0.3) is 0 Å². The second kappa shape index (κ2) is 24.6. The summed E-state index contributed by atoms with van der Waals surface area (Å²) in [4.78, 5) is 0. The van der Waals surface area contributed by atoms with E-state index in [4.69, 9.17) is 13.6 Å². The summed E-state index contributed by atoms with van der Waals surface area (Å²) in [5.41, 5.74) is 3.71. The Morgan fingerprint density at radius 1 is 0.388 bits per heavy atom. The van der Waals surface area contributed by atoms with Crippen molar-refractivity contribution in [2.75, 3.05) is 0 Å².